The first kappa shape index (κ1) is 19.5. The SMILES string of the molecule is CCOc1c(Cl)cc(/C=N\NC(=O)C[C@H]2CCS(=O)(=O)C2)cc1OC. The quantitative estimate of drug-likeness (QED) is 0.569. The molecule has 0 saturated carbocycles. The van der Waals surface area contributed by atoms with Crippen LogP contribution in [-0.2, 0) is 14.6 Å². The molecular weight excluding hydrogens is 368 g/mol. The van der Waals surface area contributed by atoms with Gasteiger partial charge in [0.2, 0.25) is 5.91 Å². The molecule has 0 radical (unpaired) electrons. The Kier molecular flexibility index (Phi) is 6.66. The third-order valence-corrected chi connectivity index (χ3v) is 5.86. The average Bonchev–Trinajstić information content (AvgIpc) is 2.88. The van der Waals surface area contributed by atoms with Gasteiger partial charge >= 0.3 is 0 Å². The summed E-state index contributed by atoms with van der Waals surface area (Å²) in [6, 6.07) is 3.34. The van der Waals surface area contributed by atoms with Crippen LogP contribution in [0.25, 0.3) is 0 Å². The molecule has 1 N–H and O–H groups in total. The number of carbonyl (C=O) groups is 1. The smallest absolute Gasteiger partial charge is 0.240 e. The summed E-state index contributed by atoms with van der Waals surface area (Å²) < 4.78 is 33.5. The van der Waals surface area contributed by atoms with Crippen molar-refractivity contribution < 1.29 is 22.7 Å². The number of carbonyl (C=O) groups excluding carboxylic acids is 1. The molecule has 0 aliphatic carbocycles. The first-order chi connectivity index (χ1) is 11.8. The highest BCUT2D eigenvalue weighted by atomic mass is 35.5. The number of hydrogen-bond acceptors (Lipinski definition) is 6. The van der Waals surface area contributed by atoms with Gasteiger partial charge in [0.1, 0.15) is 0 Å². The minimum Gasteiger partial charge on any atom is -0.493 e. The number of benzene rings is 1. The van der Waals surface area contributed by atoms with Gasteiger partial charge in [-0.2, -0.15) is 5.10 Å². The predicted octanol–water partition coefficient (Wildman–Crippen LogP) is 2.02. The molecule has 1 atom stereocenters. The van der Waals surface area contributed by atoms with Gasteiger partial charge in [0.05, 0.1) is 36.5 Å². The normalized spacial score (nSPS) is 19.1. The molecule has 1 heterocycles. The van der Waals surface area contributed by atoms with E-state index in [2.05, 4.69) is 10.5 Å². The average molecular weight is 389 g/mol. The maximum absolute atomic E-state index is 11.8. The standard InChI is InChI=1S/C16H21ClN2O5S/c1-3-24-16-13(17)6-12(7-14(16)23-2)9-18-19-15(20)8-11-4-5-25(21,22)10-11/h6-7,9,11H,3-5,8,10H2,1-2H3,(H,19,20)/b18-9-/t11-/m1/s1. The molecule has 0 bridgehead atoms. The van der Waals surface area contributed by atoms with Crippen molar-refractivity contribution in [3.63, 3.8) is 0 Å². The van der Waals surface area contributed by atoms with E-state index in [0.29, 0.717) is 35.1 Å². The molecule has 1 aromatic rings. The third kappa shape index (κ3) is 5.61. The Hall–Kier alpha value is -1.80. The first-order valence-corrected chi connectivity index (χ1v) is 10.1. The van der Waals surface area contributed by atoms with Gasteiger partial charge in [0, 0.05) is 6.42 Å². The number of rotatable bonds is 7. The molecular formula is C16H21ClN2O5S. The second-order valence-corrected chi connectivity index (χ2v) is 8.37. The van der Waals surface area contributed by atoms with E-state index in [1.165, 1.54) is 13.3 Å². The van der Waals surface area contributed by atoms with E-state index in [9.17, 15) is 13.2 Å². The molecule has 1 saturated heterocycles. The van der Waals surface area contributed by atoms with Gasteiger partial charge in [0.15, 0.2) is 21.3 Å². The van der Waals surface area contributed by atoms with Crippen LogP contribution in [-0.4, -0.2) is 45.8 Å². The molecule has 0 aromatic heterocycles. The highest BCUT2D eigenvalue weighted by Gasteiger charge is 2.29. The van der Waals surface area contributed by atoms with Crippen molar-refractivity contribution in [1.29, 1.82) is 0 Å². The first-order valence-electron chi connectivity index (χ1n) is 7.87. The van der Waals surface area contributed by atoms with Crippen molar-refractivity contribution in [3.8, 4) is 11.5 Å². The predicted molar refractivity (Wildman–Crippen MR) is 96.3 cm³/mol. The van der Waals surface area contributed by atoms with E-state index in [1.807, 2.05) is 6.92 Å². The summed E-state index contributed by atoms with van der Waals surface area (Å²) in [5, 5.41) is 4.26. The van der Waals surface area contributed by atoms with Crippen molar-refractivity contribution >= 4 is 33.6 Å². The van der Waals surface area contributed by atoms with Crippen LogP contribution in [0.3, 0.4) is 0 Å². The molecule has 0 unspecified atom stereocenters. The maximum atomic E-state index is 11.8. The van der Waals surface area contributed by atoms with Crippen LogP contribution in [0.1, 0.15) is 25.3 Å². The number of methoxy groups -OCH3 is 1. The van der Waals surface area contributed by atoms with E-state index in [1.54, 1.807) is 12.1 Å². The van der Waals surface area contributed by atoms with Gasteiger partial charge < -0.3 is 9.47 Å². The minimum absolute atomic E-state index is 0.0653. The summed E-state index contributed by atoms with van der Waals surface area (Å²) in [7, 11) is -1.48. The fourth-order valence-corrected chi connectivity index (χ4v) is 4.75. The number of sulfone groups is 1. The second kappa shape index (κ2) is 8.53. The Morgan fingerprint density at radius 2 is 2.24 bits per heavy atom. The lowest BCUT2D eigenvalue weighted by Gasteiger charge is -2.11. The molecule has 25 heavy (non-hydrogen) atoms. The fraction of sp³-hybridized carbons (Fsp3) is 0.500. The van der Waals surface area contributed by atoms with Gasteiger partial charge in [-0.05, 0) is 37.0 Å². The lowest BCUT2D eigenvalue weighted by molar-refractivity contribution is -0.121. The molecule has 138 valence electrons. The summed E-state index contributed by atoms with van der Waals surface area (Å²) >= 11 is 6.16. The zero-order valence-electron chi connectivity index (χ0n) is 14.1. The second-order valence-electron chi connectivity index (χ2n) is 5.73. The Bertz CT molecular complexity index is 764. The molecule has 1 amide bonds. The van der Waals surface area contributed by atoms with E-state index >= 15 is 0 Å². The van der Waals surface area contributed by atoms with Crippen molar-refractivity contribution in [2.45, 2.75) is 19.8 Å². The number of hydrazone groups is 1. The zero-order chi connectivity index (χ0) is 18.4. The van der Waals surface area contributed by atoms with E-state index in [0.717, 1.165) is 0 Å². The molecule has 1 aliphatic rings. The van der Waals surface area contributed by atoms with Gasteiger partial charge in [-0.15, -0.1) is 0 Å². The lowest BCUT2D eigenvalue weighted by Crippen LogP contribution is -2.21. The summed E-state index contributed by atoms with van der Waals surface area (Å²) in [4.78, 5) is 11.8. The van der Waals surface area contributed by atoms with Gasteiger partial charge in [-0.25, -0.2) is 13.8 Å². The lowest BCUT2D eigenvalue weighted by atomic mass is 10.1. The molecule has 0 spiro atoms. The monoisotopic (exact) mass is 388 g/mol. The van der Waals surface area contributed by atoms with Crippen molar-refractivity contribution in [2.24, 2.45) is 11.0 Å². The van der Waals surface area contributed by atoms with Crippen LogP contribution < -0.4 is 14.9 Å². The number of nitrogens with zero attached hydrogens (tertiary/aromatic N) is 1. The number of hydrogen-bond donors (Lipinski definition) is 1. The third-order valence-electron chi connectivity index (χ3n) is 3.74. The molecule has 2 rings (SSSR count). The number of halogens is 1. The Morgan fingerprint density at radius 3 is 2.84 bits per heavy atom. The molecule has 9 heteroatoms. The van der Waals surface area contributed by atoms with Crippen LogP contribution in [0.15, 0.2) is 17.2 Å². The number of amides is 1. The maximum Gasteiger partial charge on any atom is 0.240 e. The van der Waals surface area contributed by atoms with Crippen molar-refractivity contribution in [3.05, 3.63) is 22.7 Å². The summed E-state index contributed by atoms with van der Waals surface area (Å²) in [6.45, 7) is 2.30. The topological polar surface area (TPSA) is 94.1 Å². The molecule has 7 nitrogen and oxygen atoms in total. The van der Waals surface area contributed by atoms with Crippen LogP contribution in [0.5, 0.6) is 11.5 Å². The summed E-state index contributed by atoms with van der Waals surface area (Å²) in [5.74, 6) is 0.685. The molecule has 1 aromatic carbocycles. The summed E-state index contributed by atoms with van der Waals surface area (Å²) in [5.41, 5.74) is 3.04. The van der Waals surface area contributed by atoms with Gasteiger partial charge in [-0.3, -0.25) is 4.79 Å². The fourth-order valence-electron chi connectivity index (χ4n) is 2.62. The van der Waals surface area contributed by atoms with Gasteiger partial charge in [0.25, 0.3) is 0 Å². The van der Waals surface area contributed by atoms with Crippen molar-refractivity contribution in [2.75, 3.05) is 25.2 Å². The molecule has 1 fully saturated rings. The number of nitrogens with one attached hydrogen (secondary N) is 1. The van der Waals surface area contributed by atoms with E-state index in [-0.39, 0.29) is 29.8 Å². The van der Waals surface area contributed by atoms with E-state index in [4.69, 9.17) is 21.1 Å². The Balaban J connectivity index is 1.95. The number of ether oxygens (including phenoxy) is 2. The largest absolute Gasteiger partial charge is 0.493 e. The highest BCUT2D eigenvalue weighted by molar-refractivity contribution is 7.91. The Labute approximate surface area is 152 Å². The zero-order valence-corrected chi connectivity index (χ0v) is 15.7. The highest BCUT2D eigenvalue weighted by Crippen LogP contribution is 2.35. The van der Waals surface area contributed by atoms with Crippen LogP contribution >= 0.6 is 11.6 Å². The minimum atomic E-state index is -2.98. The van der Waals surface area contributed by atoms with Gasteiger partial charge in [-0.1, -0.05) is 11.6 Å². The van der Waals surface area contributed by atoms with E-state index < -0.39 is 9.84 Å². The van der Waals surface area contributed by atoms with Crippen LogP contribution in [0.4, 0.5) is 0 Å². The van der Waals surface area contributed by atoms with Crippen molar-refractivity contribution in [1.82, 2.24) is 5.43 Å². The molecule has 1 aliphatic heterocycles. The van der Waals surface area contributed by atoms with Crippen LogP contribution in [0, 0.1) is 5.92 Å². The van der Waals surface area contributed by atoms with Crippen LogP contribution in [0.2, 0.25) is 5.02 Å². The Morgan fingerprint density at radius 1 is 1.48 bits per heavy atom. The summed E-state index contributed by atoms with van der Waals surface area (Å²) in [6.07, 6.45) is 2.10.